The molecule has 26 heavy (non-hydrogen) atoms. The molecule has 0 spiro atoms. The van der Waals surface area contributed by atoms with Gasteiger partial charge in [0.15, 0.2) is 0 Å². The number of aromatic nitrogens is 2. The van der Waals surface area contributed by atoms with E-state index in [2.05, 4.69) is 26.7 Å². The average Bonchev–Trinajstić information content (AvgIpc) is 2.69. The van der Waals surface area contributed by atoms with E-state index in [1.54, 1.807) is 13.2 Å². The molecular formula is C20H24N4O2. The normalized spacial score (nSPS) is 13.7. The van der Waals surface area contributed by atoms with Crippen molar-refractivity contribution in [3.8, 4) is 5.75 Å². The number of rotatable bonds is 7. The van der Waals surface area contributed by atoms with E-state index >= 15 is 0 Å². The van der Waals surface area contributed by atoms with E-state index in [4.69, 9.17) is 4.74 Å². The van der Waals surface area contributed by atoms with Crippen LogP contribution >= 0.6 is 0 Å². The first-order valence-corrected chi connectivity index (χ1v) is 8.94. The molecule has 0 unspecified atom stereocenters. The number of hydrogen-bond donors (Lipinski definition) is 2. The summed E-state index contributed by atoms with van der Waals surface area (Å²) < 4.78 is 5.32. The van der Waals surface area contributed by atoms with Gasteiger partial charge in [0.25, 0.3) is 5.91 Å². The summed E-state index contributed by atoms with van der Waals surface area (Å²) >= 11 is 0. The van der Waals surface area contributed by atoms with Crippen LogP contribution < -0.4 is 15.4 Å². The van der Waals surface area contributed by atoms with Gasteiger partial charge in [-0.2, -0.15) is 0 Å². The highest BCUT2D eigenvalue weighted by atomic mass is 16.5. The lowest BCUT2D eigenvalue weighted by atomic mass is 9.97. The van der Waals surface area contributed by atoms with Crippen molar-refractivity contribution in [1.82, 2.24) is 15.3 Å². The molecule has 0 fully saturated rings. The second-order valence-corrected chi connectivity index (χ2v) is 6.23. The van der Waals surface area contributed by atoms with Gasteiger partial charge in [-0.1, -0.05) is 23.8 Å². The third-order valence-electron chi connectivity index (χ3n) is 4.39. The first-order chi connectivity index (χ1) is 12.8. The number of methoxy groups -OCH3 is 1. The molecule has 0 saturated carbocycles. The maximum Gasteiger partial charge on any atom is 0.270 e. The number of benzene rings is 1. The minimum Gasteiger partial charge on any atom is -0.495 e. The lowest BCUT2D eigenvalue weighted by molar-refractivity contribution is 0.0949. The van der Waals surface area contributed by atoms with Crippen molar-refractivity contribution in [1.29, 1.82) is 0 Å². The fraction of sp³-hybridized carbons (Fsp3) is 0.350. The zero-order valence-corrected chi connectivity index (χ0v) is 15.0. The Morgan fingerprint density at radius 2 is 2.12 bits per heavy atom. The van der Waals surface area contributed by atoms with Gasteiger partial charge in [-0.15, -0.1) is 0 Å². The van der Waals surface area contributed by atoms with Gasteiger partial charge in [0.2, 0.25) is 0 Å². The van der Waals surface area contributed by atoms with Crippen LogP contribution in [0.3, 0.4) is 0 Å². The van der Waals surface area contributed by atoms with Crippen molar-refractivity contribution < 1.29 is 9.53 Å². The number of anilines is 2. The predicted molar refractivity (Wildman–Crippen MR) is 102 cm³/mol. The Morgan fingerprint density at radius 1 is 1.23 bits per heavy atom. The SMILES string of the molecule is COc1ccccc1Nc1cc(C(=O)NCCC2=CCCCC2)ncn1. The summed E-state index contributed by atoms with van der Waals surface area (Å²) in [6, 6.07) is 9.18. The second kappa shape index (κ2) is 8.99. The molecule has 3 rings (SSSR count). The predicted octanol–water partition coefficient (Wildman–Crippen LogP) is 3.85. The van der Waals surface area contributed by atoms with Crippen molar-refractivity contribution >= 4 is 17.4 Å². The first kappa shape index (κ1) is 17.9. The van der Waals surface area contributed by atoms with E-state index in [1.165, 1.54) is 24.7 Å². The number of carbonyl (C=O) groups is 1. The smallest absolute Gasteiger partial charge is 0.270 e. The molecule has 136 valence electrons. The van der Waals surface area contributed by atoms with Crippen molar-refractivity contribution in [2.75, 3.05) is 19.0 Å². The van der Waals surface area contributed by atoms with Gasteiger partial charge in [0, 0.05) is 12.6 Å². The number of nitrogens with zero attached hydrogens (tertiary/aromatic N) is 2. The van der Waals surface area contributed by atoms with Crippen LogP contribution in [0.15, 0.2) is 48.3 Å². The summed E-state index contributed by atoms with van der Waals surface area (Å²) in [4.78, 5) is 20.6. The maximum absolute atomic E-state index is 12.3. The number of allylic oxidation sites excluding steroid dienone is 1. The molecule has 2 aromatic rings. The van der Waals surface area contributed by atoms with E-state index in [0.717, 1.165) is 24.9 Å². The van der Waals surface area contributed by atoms with Crippen LogP contribution in [-0.2, 0) is 0 Å². The molecular weight excluding hydrogens is 328 g/mol. The molecule has 0 radical (unpaired) electrons. The molecule has 0 saturated heterocycles. The number of amides is 1. The molecule has 6 nitrogen and oxygen atoms in total. The summed E-state index contributed by atoms with van der Waals surface area (Å²) in [6.45, 7) is 0.629. The lowest BCUT2D eigenvalue weighted by Gasteiger charge is -2.13. The van der Waals surface area contributed by atoms with Gasteiger partial charge in [0.1, 0.15) is 23.6 Å². The van der Waals surface area contributed by atoms with Crippen LogP contribution in [0.5, 0.6) is 5.75 Å². The number of hydrogen-bond acceptors (Lipinski definition) is 5. The molecule has 1 aromatic carbocycles. The Labute approximate surface area is 153 Å². The van der Waals surface area contributed by atoms with E-state index in [-0.39, 0.29) is 5.91 Å². The van der Waals surface area contributed by atoms with Gasteiger partial charge >= 0.3 is 0 Å². The third-order valence-corrected chi connectivity index (χ3v) is 4.39. The van der Waals surface area contributed by atoms with Crippen LogP contribution in [0.25, 0.3) is 0 Å². The highest BCUT2D eigenvalue weighted by Gasteiger charge is 2.10. The van der Waals surface area contributed by atoms with Crippen molar-refractivity contribution in [3.63, 3.8) is 0 Å². The number of ether oxygens (including phenoxy) is 1. The van der Waals surface area contributed by atoms with Crippen molar-refractivity contribution in [2.24, 2.45) is 0 Å². The summed E-state index contributed by atoms with van der Waals surface area (Å²) in [7, 11) is 1.61. The molecule has 1 amide bonds. The minimum absolute atomic E-state index is 0.188. The number of carbonyl (C=O) groups excluding carboxylic acids is 1. The molecule has 1 aliphatic carbocycles. The molecule has 1 aliphatic rings. The monoisotopic (exact) mass is 352 g/mol. The van der Waals surface area contributed by atoms with Gasteiger partial charge in [0.05, 0.1) is 12.8 Å². The van der Waals surface area contributed by atoms with Gasteiger partial charge in [-0.05, 0) is 44.2 Å². The summed E-state index contributed by atoms with van der Waals surface area (Å²) in [5, 5.41) is 6.10. The Bertz CT molecular complexity index is 789. The van der Waals surface area contributed by atoms with E-state index < -0.39 is 0 Å². The largest absolute Gasteiger partial charge is 0.495 e. The standard InChI is InChI=1S/C20H24N4O2/c1-26-18-10-6-5-9-16(18)24-19-13-17(22-14-23-19)20(25)21-12-11-15-7-3-2-4-8-15/h5-7,9-10,13-14H,2-4,8,11-12H2,1H3,(H,21,25)(H,22,23,24). The third kappa shape index (κ3) is 4.81. The van der Waals surface area contributed by atoms with Crippen LogP contribution in [0.4, 0.5) is 11.5 Å². The van der Waals surface area contributed by atoms with E-state index in [1.807, 2.05) is 24.3 Å². The number of nitrogens with one attached hydrogen (secondary N) is 2. The van der Waals surface area contributed by atoms with Crippen LogP contribution in [-0.4, -0.2) is 29.5 Å². The molecule has 0 atom stereocenters. The van der Waals surface area contributed by atoms with E-state index in [9.17, 15) is 4.79 Å². The second-order valence-electron chi connectivity index (χ2n) is 6.23. The van der Waals surface area contributed by atoms with Crippen molar-refractivity contribution in [3.05, 3.63) is 54.0 Å². The van der Waals surface area contributed by atoms with E-state index in [0.29, 0.717) is 23.8 Å². The average molecular weight is 352 g/mol. The van der Waals surface area contributed by atoms with Gasteiger partial charge in [-0.25, -0.2) is 9.97 Å². The highest BCUT2D eigenvalue weighted by molar-refractivity contribution is 5.93. The Morgan fingerprint density at radius 3 is 2.92 bits per heavy atom. The van der Waals surface area contributed by atoms with Crippen LogP contribution in [0.1, 0.15) is 42.6 Å². The zero-order chi connectivity index (χ0) is 18.2. The van der Waals surface area contributed by atoms with Gasteiger partial charge < -0.3 is 15.4 Å². The van der Waals surface area contributed by atoms with Crippen molar-refractivity contribution in [2.45, 2.75) is 32.1 Å². The lowest BCUT2D eigenvalue weighted by Crippen LogP contribution is -2.26. The Kier molecular flexibility index (Phi) is 6.19. The summed E-state index contributed by atoms with van der Waals surface area (Å²) in [6.07, 6.45) is 9.43. The molecule has 0 aliphatic heterocycles. The highest BCUT2D eigenvalue weighted by Crippen LogP contribution is 2.26. The quantitative estimate of drug-likeness (QED) is 0.740. The van der Waals surface area contributed by atoms with Crippen LogP contribution in [0, 0.1) is 0 Å². The Hall–Kier alpha value is -2.89. The fourth-order valence-electron chi connectivity index (χ4n) is 2.99. The molecule has 0 bridgehead atoms. The molecule has 1 aromatic heterocycles. The number of para-hydroxylation sites is 2. The van der Waals surface area contributed by atoms with Gasteiger partial charge in [-0.3, -0.25) is 4.79 Å². The minimum atomic E-state index is -0.188. The summed E-state index contributed by atoms with van der Waals surface area (Å²) in [5.74, 6) is 1.06. The molecule has 6 heteroatoms. The fourth-order valence-corrected chi connectivity index (χ4v) is 2.99. The molecule has 1 heterocycles. The first-order valence-electron chi connectivity index (χ1n) is 8.94. The zero-order valence-electron chi connectivity index (χ0n) is 15.0. The topological polar surface area (TPSA) is 76.1 Å². The Balaban J connectivity index is 1.59. The maximum atomic E-state index is 12.3. The summed E-state index contributed by atoms with van der Waals surface area (Å²) in [5.41, 5.74) is 2.57. The van der Waals surface area contributed by atoms with Crippen LogP contribution in [0.2, 0.25) is 0 Å². The molecule has 2 N–H and O–H groups in total.